The number of aromatic hydroxyl groups is 2. The van der Waals surface area contributed by atoms with E-state index in [1.165, 1.54) is 18.2 Å². The van der Waals surface area contributed by atoms with Crippen LogP contribution in [0.25, 0.3) is 6.08 Å². The summed E-state index contributed by atoms with van der Waals surface area (Å²) in [6.45, 7) is 10.3. The first kappa shape index (κ1) is 22.7. The molecule has 1 saturated carbocycles. The summed E-state index contributed by atoms with van der Waals surface area (Å²) < 4.78 is 20.8. The molecule has 0 spiro atoms. The van der Waals surface area contributed by atoms with Gasteiger partial charge in [0.1, 0.15) is 11.5 Å². The van der Waals surface area contributed by atoms with Crippen LogP contribution in [-0.2, 0) is 15.3 Å². The van der Waals surface area contributed by atoms with E-state index < -0.39 is 7.37 Å². The van der Waals surface area contributed by atoms with Crippen LogP contribution in [0.4, 0.5) is 0 Å². The highest BCUT2D eigenvalue weighted by atomic mass is 31.2. The molecule has 30 heavy (non-hydrogen) atoms. The zero-order chi connectivity index (χ0) is 21.9. The van der Waals surface area contributed by atoms with E-state index >= 15 is 0 Å². The SMILES string of the molecule is C=Cc1ccc(C[P@](=O)(O[C@@H]2C[C@H](C)CC[C@H]2C(C)C)c2cc(O)ccc2O)cc1. The maximum atomic E-state index is 14.3. The van der Waals surface area contributed by atoms with Gasteiger partial charge in [-0.25, -0.2) is 0 Å². The van der Waals surface area contributed by atoms with Gasteiger partial charge in [0.05, 0.1) is 17.6 Å². The van der Waals surface area contributed by atoms with Crippen molar-refractivity contribution in [2.45, 2.75) is 52.3 Å². The average Bonchev–Trinajstić information content (AvgIpc) is 2.70. The van der Waals surface area contributed by atoms with Gasteiger partial charge in [-0.2, -0.15) is 0 Å². The van der Waals surface area contributed by atoms with Gasteiger partial charge in [0.15, 0.2) is 0 Å². The standard InChI is InChI=1S/C25H33O4P/c1-5-19-7-9-20(10-8-19)16-30(28,25-15-21(26)11-13-23(25)27)29-24-14-18(4)6-12-22(24)17(2)3/h5,7-11,13,15,17-18,22,24,26-27H,1,6,12,14,16H2,2-4H3/t18-,22+,24-,30+/m1/s1. The molecule has 5 heteroatoms. The molecule has 4 nitrogen and oxygen atoms in total. The average molecular weight is 429 g/mol. The molecular weight excluding hydrogens is 395 g/mol. The third kappa shape index (κ3) is 5.17. The minimum absolute atomic E-state index is 0.0361. The lowest BCUT2D eigenvalue weighted by atomic mass is 9.75. The minimum Gasteiger partial charge on any atom is -0.508 e. The van der Waals surface area contributed by atoms with Gasteiger partial charge < -0.3 is 14.7 Å². The highest BCUT2D eigenvalue weighted by molar-refractivity contribution is 7.66. The van der Waals surface area contributed by atoms with E-state index in [-0.39, 0.29) is 29.1 Å². The smallest absolute Gasteiger partial charge is 0.240 e. The Labute approximate surface area is 180 Å². The van der Waals surface area contributed by atoms with Crippen LogP contribution in [-0.4, -0.2) is 16.3 Å². The molecule has 2 aromatic rings. The molecule has 1 fully saturated rings. The van der Waals surface area contributed by atoms with E-state index in [0.717, 1.165) is 30.4 Å². The first-order chi connectivity index (χ1) is 14.2. The Bertz CT molecular complexity index is 919. The Morgan fingerprint density at radius 1 is 1.17 bits per heavy atom. The Hall–Kier alpha value is -2.03. The van der Waals surface area contributed by atoms with Crippen molar-refractivity contribution in [1.29, 1.82) is 0 Å². The van der Waals surface area contributed by atoms with Gasteiger partial charge in [0, 0.05) is 0 Å². The van der Waals surface area contributed by atoms with Crippen molar-refractivity contribution < 1.29 is 19.3 Å². The lowest BCUT2D eigenvalue weighted by Crippen LogP contribution is -2.34. The fourth-order valence-electron chi connectivity index (χ4n) is 4.42. The van der Waals surface area contributed by atoms with E-state index in [1.54, 1.807) is 6.08 Å². The van der Waals surface area contributed by atoms with Crippen LogP contribution in [0.5, 0.6) is 11.5 Å². The molecule has 0 unspecified atom stereocenters. The molecule has 0 saturated heterocycles. The monoisotopic (exact) mass is 428 g/mol. The summed E-state index contributed by atoms with van der Waals surface area (Å²) in [6.07, 6.45) is 4.82. The Morgan fingerprint density at radius 3 is 2.50 bits per heavy atom. The first-order valence-electron chi connectivity index (χ1n) is 10.7. The van der Waals surface area contributed by atoms with Gasteiger partial charge in [-0.15, -0.1) is 0 Å². The molecule has 3 rings (SSSR count). The molecule has 0 aliphatic heterocycles. The molecule has 2 aromatic carbocycles. The number of benzene rings is 2. The topological polar surface area (TPSA) is 66.8 Å². The van der Waals surface area contributed by atoms with Gasteiger partial charge in [-0.3, -0.25) is 4.57 Å². The third-order valence-electron chi connectivity index (χ3n) is 6.20. The fourth-order valence-corrected chi connectivity index (χ4v) is 6.90. The summed E-state index contributed by atoms with van der Waals surface area (Å²) in [6, 6.07) is 11.8. The van der Waals surface area contributed by atoms with Crippen molar-refractivity contribution in [3.8, 4) is 11.5 Å². The van der Waals surface area contributed by atoms with Gasteiger partial charge >= 0.3 is 0 Å². The molecule has 0 bridgehead atoms. The zero-order valence-corrected chi connectivity index (χ0v) is 19.0. The summed E-state index contributed by atoms with van der Waals surface area (Å²) in [5.74, 6) is 1.09. The van der Waals surface area contributed by atoms with Crippen LogP contribution in [0.15, 0.2) is 49.0 Å². The molecule has 4 atom stereocenters. The van der Waals surface area contributed by atoms with Crippen molar-refractivity contribution >= 4 is 18.7 Å². The fraction of sp³-hybridized carbons (Fsp3) is 0.440. The van der Waals surface area contributed by atoms with E-state index in [0.29, 0.717) is 17.8 Å². The summed E-state index contributed by atoms with van der Waals surface area (Å²) in [5.41, 5.74) is 1.84. The van der Waals surface area contributed by atoms with Gasteiger partial charge in [-0.05, 0) is 59.9 Å². The zero-order valence-electron chi connectivity index (χ0n) is 18.1. The predicted octanol–water partition coefficient (Wildman–Crippen LogP) is 6.32. The van der Waals surface area contributed by atoms with Crippen molar-refractivity contribution in [3.05, 3.63) is 60.2 Å². The summed E-state index contributed by atoms with van der Waals surface area (Å²) in [5, 5.41) is 20.7. The molecular formula is C25H33O4P. The lowest BCUT2D eigenvalue weighted by molar-refractivity contribution is 0.0495. The minimum atomic E-state index is -3.49. The number of rotatable bonds is 7. The van der Waals surface area contributed by atoms with Crippen LogP contribution in [0.3, 0.4) is 0 Å². The number of phenolic OH excluding ortho intramolecular Hbond substituents is 2. The Morgan fingerprint density at radius 2 is 1.87 bits per heavy atom. The van der Waals surface area contributed by atoms with Crippen LogP contribution in [0, 0.1) is 17.8 Å². The second-order valence-electron chi connectivity index (χ2n) is 8.92. The summed E-state index contributed by atoms with van der Waals surface area (Å²) >= 11 is 0. The molecule has 162 valence electrons. The number of phenols is 2. The quantitative estimate of drug-likeness (QED) is 0.400. The third-order valence-corrected chi connectivity index (χ3v) is 8.68. The van der Waals surface area contributed by atoms with E-state index in [9.17, 15) is 14.8 Å². The normalized spacial score (nSPS) is 23.8. The van der Waals surface area contributed by atoms with Gasteiger partial charge in [-0.1, -0.05) is 64.1 Å². The van der Waals surface area contributed by atoms with Crippen LogP contribution >= 0.6 is 7.37 Å². The van der Waals surface area contributed by atoms with E-state index in [2.05, 4.69) is 27.4 Å². The highest BCUT2D eigenvalue weighted by Crippen LogP contribution is 2.55. The van der Waals surface area contributed by atoms with Crippen molar-refractivity contribution in [2.75, 3.05) is 0 Å². The molecule has 1 aliphatic rings. The predicted molar refractivity (Wildman–Crippen MR) is 123 cm³/mol. The molecule has 2 N–H and O–H groups in total. The summed E-state index contributed by atoms with van der Waals surface area (Å²) in [7, 11) is -3.49. The maximum Gasteiger partial charge on any atom is 0.240 e. The van der Waals surface area contributed by atoms with Gasteiger partial charge in [0.25, 0.3) is 0 Å². The molecule has 1 aliphatic carbocycles. The van der Waals surface area contributed by atoms with Crippen LogP contribution in [0.2, 0.25) is 0 Å². The van der Waals surface area contributed by atoms with Crippen molar-refractivity contribution in [3.63, 3.8) is 0 Å². The first-order valence-corrected chi connectivity index (χ1v) is 12.5. The van der Waals surface area contributed by atoms with E-state index in [1.807, 2.05) is 24.3 Å². The van der Waals surface area contributed by atoms with E-state index in [4.69, 9.17) is 4.52 Å². The molecule has 0 heterocycles. The maximum absolute atomic E-state index is 14.3. The summed E-state index contributed by atoms with van der Waals surface area (Å²) in [4.78, 5) is 0. The number of hydrogen-bond donors (Lipinski definition) is 2. The van der Waals surface area contributed by atoms with Crippen molar-refractivity contribution in [2.24, 2.45) is 17.8 Å². The molecule has 0 radical (unpaired) electrons. The Kier molecular flexibility index (Phi) is 7.10. The largest absolute Gasteiger partial charge is 0.508 e. The lowest BCUT2D eigenvalue weighted by Gasteiger charge is -2.39. The highest BCUT2D eigenvalue weighted by Gasteiger charge is 2.39. The van der Waals surface area contributed by atoms with Crippen molar-refractivity contribution in [1.82, 2.24) is 0 Å². The Balaban J connectivity index is 2.00. The molecule has 0 amide bonds. The second-order valence-corrected chi connectivity index (χ2v) is 11.3. The second kappa shape index (κ2) is 9.41. The number of hydrogen-bond acceptors (Lipinski definition) is 4. The van der Waals surface area contributed by atoms with Crippen LogP contribution < -0.4 is 5.30 Å². The van der Waals surface area contributed by atoms with Gasteiger partial charge in [0.2, 0.25) is 7.37 Å². The molecule has 0 aromatic heterocycles. The van der Waals surface area contributed by atoms with Crippen LogP contribution in [0.1, 0.15) is 51.2 Å².